The molecular weight excluding hydrogens is 160 g/mol. The topological polar surface area (TPSA) is 24.9 Å². The van der Waals surface area contributed by atoms with Crippen molar-refractivity contribution in [2.75, 3.05) is 5.32 Å². The molecule has 1 aromatic heterocycles. The van der Waals surface area contributed by atoms with Gasteiger partial charge in [-0.3, -0.25) is 0 Å². The van der Waals surface area contributed by atoms with E-state index in [0.29, 0.717) is 6.04 Å². The fourth-order valence-electron chi connectivity index (χ4n) is 1.57. The van der Waals surface area contributed by atoms with Gasteiger partial charge in [0.25, 0.3) is 0 Å². The summed E-state index contributed by atoms with van der Waals surface area (Å²) in [4.78, 5) is 4.32. The van der Waals surface area contributed by atoms with E-state index in [2.05, 4.69) is 30.2 Å². The molecule has 1 heterocycles. The van der Waals surface area contributed by atoms with Gasteiger partial charge in [0.1, 0.15) is 5.82 Å². The molecule has 70 valence electrons. The van der Waals surface area contributed by atoms with Crippen molar-refractivity contribution in [2.45, 2.75) is 32.7 Å². The third-order valence-corrected chi connectivity index (χ3v) is 2.70. The Morgan fingerprint density at radius 1 is 1.54 bits per heavy atom. The number of pyridine rings is 1. The first kappa shape index (κ1) is 8.54. The maximum atomic E-state index is 4.32. The summed E-state index contributed by atoms with van der Waals surface area (Å²) < 4.78 is 0. The van der Waals surface area contributed by atoms with Crippen LogP contribution in [0.3, 0.4) is 0 Å². The van der Waals surface area contributed by atoms with E-state index in [9.17, 15) is 0 Å². The molecule has 13 heavy (non-hydrogen) atoms. The molecule has 1 aliphatic carbocycles. The number of nitrogens with zero attached hydrogens (tertiary/aromatic N) is 1. The first-order valence-electron chi connectivity index (χ1n) is 4.95. The minimum absolute atomic E-state index is 0.577. The molecule has 2 nitrogen and oxygen atoms in total. The number of hydrogen-bond donors (Lipinski definition) is 1. The molecule has 1 fully saturated rings. The normalized spacial score (nSPS) is 18.3. The van der Waals surface area contributed by atoms with Gasteiger partial charge in [-0.15, -0.1) is 0 Å². The minimum atomic E-state index is 0.577. The standard InChI is InChI=1S/C11H16N2/c1-8-4-3-7-12-11(8)13-9(2)10-5-6-10/h3-4,7,9-10H,5-6H2,1-2H3,(H,12,13). The number of aryl methyl sites for hydroxylation is 1. The summed E-state index contributed by atoms with van der Waals surface area (Å²) in [6, 6.07) is 4.64. The Morgan fingerprint density at radius 3 is 2.92 bits per heavy atom. The van der Waals surface area contributed by atoms with Crippen LogP contribution in [0.1, 0.15) is 25.3 Å². The lowest BCUT2D eigenvalue weighted by Gasteiger charge is -2.14. The van der Waals surface area contributed by atoms with E-state index in [1.807, 2.05) is 12.3 Å². The number of anilines is 1. The van der Waals surface area contributed by atoms with Gasteiger partial charge in [0.15, 0.2) is 0 Å². The van der Waals surface area contributed by atoms with E-state index in [-0.39, 0.29) is 0 Å². The zero-order chi connectivity index (χ0) is 9.26. The maximum Gasteiger partial charge on any atom is 0.129 e. The second-order valence-electron chi connectivity index (χ2n) is 3.94. The molecule has 1 atom stereocenters. The van der Waals surface area contributed by atoms with Crippen LogP contribution in [0.15, 0.2) is 18.3 Å². The van der Waals surface area contributed by atoms with Gasteiger partial charge in [-0.2, -0.15) is 0 Å². The van der Waals surface area contributed by atoms with Crippen molar-refractivity contribution in [3.8, 4) is 0 Å². The number of hydrogen-bond acceptors (Lipinski definition) is 2. The van der Waals surface area contributed by atoms with Gasteiger partial charge >= 0.3 is 0 Å². The summed E-state index contributed by atoms with van der Waals surface area (Å²) >= 11 is 0. The van der Waals surface area contributed by atoms with Crippen LogP contribution in [0.2, 0.25) is 0 Å². The molecule has 0 aliphatic heterocycles. The zero-order valence-electron chi connectivity index (χ0n) is 8.25. The Bertz CT molecular complexity index is 292. The highest BCUT2D eigenvalue weighted by atomic mass is 15.0. The minimum Gasteiger partial charge on any atom is -0.367 e. The molecule has 1 saturated carbocycles. The first-order valence-corrected chi connectivity index (χ1v) is 4.95. The molecule has 1 aliphatic rings. The fraction of sp³-hybridized carbons (Fsp3) is 0.545. The molecule has 0 saturated heterocycles. The summed E-state index contributed by atoms with van der Waals surface area (Å²) in [6.45, 7) is 4.33. The van der Waals surface area contributed by atoms with Crippen molar-refractivity contribution in [3.63, 3.8) is 0 Å². The van der Waals surface area contributed by atoms with E-state index in [0.717, 1.165) is 11.7 Å². The third-order valence-electron chi connectivity index (χ3n) is 2.70. The van der Waals surface area contributed by atoms with E-state index in [4.69, 9.17) is 0 Å². The van der Waals surface area contributed by atoms with Crippen LogP contribution in [0.25, 0.3) is 0 Å². The molecule has 0 radical (unpaired) electrons. The van der Waals surface area contributed by atoms with Crippen molar-refractivity contribution in [2.24, 2.45) is 5.92 Å². The summed E-state index contributed by atoms with van der Waals surface area (Å²) in [5, 5.41) is 3.46. The average Bonchev–Trinajstić information content (AvgIpc) is 2.91. The van der Waals surface area contributed by atoms with E-state index in [1.54, 1.807) is 0 Å². The molecule has 2 rings (SSSR count). The monoisotopic (exact) mass is 176 g/mol. The summed E-state index contributed by atoms with van der Waals surface area (Å²) in [5.41, 5.74) is 1.23. The highest BCUT2D eigenvalue weighted by Crippen LogP contribution is 2.33. The molecule has 1 N–H and O–H groups in total. The zero-order valence-corrected chi connectivity index (χ0v) is 8.25. The van der Waals surface area contributed by atoms with Crippen LogP contribution < -0.4 is 5.32 Å². The maximum absolute atomic E-state index is 4.32. The molecule has 0 aromatic carbocycles. The number of rotatable bonds is 3. The van der Waals surface area contributed by atoms with Crippen LogP contribution in [0.4, 0.5) is 5.82 Å². The average molecular weight is 176 g/mol. The van der Waals surface area contributed by atoms with E-state index in [1.165, 1.54) is 18.4 Å². The Morgan fingerprint density at radius 2 is 2.31 bits per heavy atom. The van der Waals surface area contributed by atoms with E-state index >= 15 is 0 Å². The second kappa shape index (κ2) is 3.36. The SMILES string of the molecule is Cc1cccnc1NC(C)C1CC1. The predicted molar refractivity (Wildman–Crippen MR) is 54.8 cm³/mol. The lowest BCUT2D eigenvalue weighted by molar-refractivity contribution is 0.690. The van der Waals surface area contributed by atoms with Gasteiger partial charge in [-0.05, 0) is 44.2 Å². The van der Waals surface area contributed by atoms with Gasteiger partial charge in [0.2, 0.25) is 0 Å². The van der Waals surface area contributed by atoms with Crippen molar-refractivity contribution in [1.82, 2.24) is 4.98 Å². The Labute approximate surface area is 79.4 Å². The Hall–Kier alpha value is -1.05. The van der Waals surface area contributed by atoms with Gasteiger partial charge in [-0.25, -0.2) is 4.98 Å². The number of aromatic nitrogens is 1. The molecule has 0 spiro atoms. The van der Waals surface area contributed by atoms with Crippen molar-refractivity contribution < 1.29 is 0 Å². The van der Waals surface area contributed by atoms with E-state index < -0.39 is 0 Å². The Kier molecular flexibility index (Phi) is 2.21. The molecule has 0 bridgehead atoms. The van der Waals surface area contributed by atoms with Crippen molar-refractivity contribution in [1.29, 1.82) is 0 Å². The lowest BCUT2D eigenvalue weighted by Crippen LogP contribution is -2.18. The molecule has 0 amide bonds. The molecule has 1 unspecified atom stereocenters. The molecular formula is C11H16N2. The summed E-state index contributed by atoms with van der Waals surface area (Å²) in [6.07, 6.45) is 4.59. The first-order chi connectivity index (χ1) is 6.27. The summed E-state index contributed by atoms with van der Waals surface area (Å²) in [5.74, 6) is 1.92. The van der Waals surface area contributed by atoms with Crippen molar-refractivity contribution in [3.05, 3.63) is 23.9 Å². The largest absolute Gasteiger partial charge is 0.367 e. The predicted octanol–water partition coefficient (Wildman–Crippen LogP) is 2.60. The van der Waals surface area contributed by atoms with Crippen LogP contribution in [-0.4, -0.2) is 11.0 Å². The Balaban J connectivity index is 2.03. The highest BCUT2D eigenvalue weighted by molar-refractivity contribution is 5.43. The van der Waals surface area contributed by atoms with Crippen LogP contribution in [-0.2, 0) is 0 Å². The van der Waals surface area contributed by atoms with Crippen LogP contribution >= 0.6 is 0 Å². The second-order valence-corrected chi connectivity index (χ2v) is 3.94. The number of nitrogens with one attached hydrogen (secondary N) is 1. The third kappa shape index (κ3) is 2.00. The fourth-order valence-corrected chi connectivity index (χ4v) is 1.57. The quantitative estimate of drug-likeness (QED) is 0.765. The van der Waals surface area contributed by atoms with Gasteiger partial charge in [0.05, 0.1) is 0 Å². The van der Waals surface area contributed by atoms with Crippen LogP contribution in [0.5, 0.6) is 0 Å². The molecule has 1 aromatic rings. The lowest BCUT2D eigenvalue weighted by atomic mass is 10.2. The molecule has 2 heteroatoms. The van der Waals surface area contributed by atoms with Gasteiger partial charge in [-0.1, -0.05) is 6.07 Å². The van der Waals surface area contributed by atoms with Crippen molar-refractivity contribution >= 4 is 5.82 Å². The van der Waals surface area contributed by atoms with Crippen LogP contribution in [0, 0.1) is 12.8 Å². The summed E-state index contributed by atoms with van der Waals surface area (Å²) in [7, 11) is 0. The van der Waals surface area contributed by atoms with Gasteiger partial charge < -0.3 is 5.32 Å². The van der Waals surface area contributed by atoms with Gasteiger partial charge in [0, 0.05) is 12.2 Å². The highest BCUT2D eigenvalue weighted by Gasteiger charge is 2.28. The smallest absolute Gasteiger partial charge is 0.129 e.